The minimum absolute atomic E-state index is 0.0491. The topological polar surface area (TPSA) is 73.7 Å². The Kier molecular flexibility index (Phi) is 5.57. The molecule has 0 unspecified atom stereocenters. The van der Waals surface area contributed by atoms with Gasteiger partial charge in [0.05, 0.1) is 10.7 Å². The Hall–Kier alpha value is -1.86. The van der Waals surface area contributed by atoms with Crippen LogP contribution in [0, 0.1) is 6.92 Å². The van der Waals surface area contributed by atoms with Crippen molar-refractivity contribution in [1.29, 1.82) is 0 Å². The summed E-state index contributed by atoms with van der Waals surface area (Å²) in [5, 5.41) is 16.4. The van der Waals surface area contributed by atoms with Crippen LogP contribution < -0.4 is 10.7 Å². The third kappa shape index (κ3) is 4.32. The number of carbonyl (C=O) groups excluding carboxylic acids is 1. The fraction of sp³-hybridized carbons (Fsp3) is 0.0667. The lowest BCUT2D eigenvalue weighted by atomic mass is 10.2. The quantitative estimate of drug-likeness (QED) is 0.503. The van der Waals surface area contributed by atoms with Gasteiger partial charge in [-0.25, -0.2) is 10.2 Å². The minimum atomic E-state index is -0.459. The van der Waals surface area contributed by atoms with Gasteiger partial charge in [0, 0.05) is 15.7 Å². The molecule has 0 aliphatic carbocycles. The fourth-order valence-electron chi connectivity index (χ4n) is 1.71. The molecule has 5 nitrogen and oxygen atoms in total. The van der Waals surface area contributed by atoms with Crippen molar-refractivity contribution in [3.8, 4) is 5.75 Å². The van der Waals surface area contributed by atoms with Crippen molar-refractivity contribution in [3.05, 3.63) is 56.5 Å². The molecule has 0 radical (unpaired) electrons. The Bertz CT molecular complexity index is 733. The summed E-state index contributed by atoms with van der Waals surface area (Å²) in [6.45, 7) is 1.90. The molecular formula is C15H13Br2N3O2. The summed E-state index contributed by atoms with van der Waals surface area (Å²) in [5.41, 5.74) is 4.49. The zero-order valence-corrected chi connectivity index (χ0v) is 14.8. The largest absolute Gasteiger partial charge is 0.506 e. The molecule has 2 aromatic carbocycles. The predicted molar refractivity (Wildman–Crippen MR) is 94.4 cm³/mol. The Morgan fingerprint density at radius 1 is 1.27 bits per heavy atom. The molecule has 0 heterocycles. The maximum absolute atomic E-state index is 11.8. The molecule has 0 fully saturated rings. The van der Waals surface area contributed by atoms with Crippen molar-refractivity contribution in [1.82, 2.24) is 5.43 Å². The van der Waals surface area contributed by atoms with Crippen molar-refractivity contribution >= 4 is 49.8 Å². The third-order valence-electron chi connectivity index (χ3n) is 2.82. The van der Waals surface area contributed by atoms with Crippen LogP contribution in [0.2, 0.25) is 0 Å². The number of benzene rings is 2. The number of phenolic OH excluding ortho intramolecular Hbond substituents is 1. The average Bonchev–Trinajstić information content (AvgIpc) is 2.46. The first-order valence-electron chi connectivity index (χ1n) is 6.31. The molecule has 0 aliphatic heterocycles. The van der Waals surface area contributed by atoms with Crippen molar-refractivity contribution in [2.75, 3.05) is 5.32 Å². The lowest BCUT2D eigenvalue weighted by molar-refractivity contribution is 0.252. The normalized spacial score (nSPS) is 10.7. The van der Waals surface area contributed by atoms with Crippen molar-refractivity contribution < 1.29 is 9.90 Å². The highest BCUT2D eigenvalue weighted by molar-refractivity contribution is 9.11. The van der Waals surface area contributed by atoms with E-state index in [1.807, 2.05) is 25.1 Å². The number of aryl methyl sites for hydroxylation is 1. The van der Waals surface area contributed by atoms with E-state index in [-0.39, 0.29) is 5.75 Å². The first kappa shape index (κ1) is 16.5. The lowest BCUT2D eigenvalue weighted by Crippen LogP contribution is -2.24. The second kappa shape index (κ2) is 7.42. The first-order valence-corrected chi connectivity index (χ1v) is 7.89. The highest BCUT2D eigenvalue weighted by Gasteiger charge is 2.06. The summed E-state index contributed by atoms with van der Waals surface area (Å²) in [4.78, 5) is 11.8. The van der Waals surface area contributed by atoms with Gasteiger partial charge in [-0.15, -0.1) is 0 Å². The zero-order valence-electron chi connectivity index (χ0n) is 11.6. The third-order valence-corrected chi connectivity index (χ3v) is 3.88. The van der Waals surface area contributed by atoms with Gasteiger partial charge >= 0.3 is 6.03 Å². The molecule has 0 bridgehead atoms. The molecule has 2 amide bonds. The number of rotatable bonds is 3. The van der Waals surface area contributed by atoms with E-state index in [1.54, 1.807) is 18.2 Å². The van der Waals surface area contributed by atoms with Crippen LogP contribution in [0.1, 0.15) is 11.1 Å². The van der Waals surface area contributed by atoms with Gasteiger partial charge in [-0.3, -0.25) is 0 Å². The molecule has 2 rings (SSSR count). The van der Waals surface area contributed by atoms with E-state index in [1.165, 1.54) is 6.21 Å². The number of halogens is 2. The first-order chi connectivity index (χ1) is 10.5. The minimum Gasteiger partial charge on any atom is -0.506 e. The SMILES string of the molecule is Cc1ccccc1NC(=O)NN=Cc1cc(Br)cc(Br)c1O. The van der Waals surface area contributed by atoms with E-state index in [4.69, 9.17) is 0 Å². The number of nitrogens with zero attached hydrogens (tertiary/aromatic N) is 1. The van der Waals surface area contributed by atoms with Gasteiger partial charge in [-0.1, -0.05) is 34.1 Å². The number of phenols is 1. The van der Waals surface area contributed by atoms with Gasteiger partial charge in [0.2, 0.25) is 0 Å². The van der Waals surface area contributed by atoms with E-state index in [0.29, 0.717) is 15.7 Å². The van der Waals surface area contributed by atoms with Crippen molar-refractivity contribution in [2.45, 2.75) is 6.92 Å². The molecule has 0 aromatic heterocycles. The number of amides is 2. The molecular weight excluding hydrogens is 414 g/mol. The van der Waals surface area contributed by atoms with Gasteiger partial charge < -0.3 is 10.4 Å². The second-order valence-corrected chi connectivity index (χ2v) is 6.23. The number of urea groups is 1. The summed E-state index contributed by atoms with van der Waals surface area (Å²) in [7, 11) is 0. The van der Waals surface area contributed by atoms with Crippen molar-refractivity contribution in [3.63, 3.8) is 0 Å². The molecule has 0 saturated heterocycles. The van der Waals surface area contributed by atoms with Crippen LogP contribution in [0.15, 0.2) is 50.4 Å². The smallest absolute Gasteiger partial charge is 0.339 e. The fourth-order valence-corrected chi connectivity index (χ4v) is 2.97. The summed E-state index contributed by atoms with van der Waals surface area (Å²) in [6, 6.07) is 10.4. The summed E-state index contributed by atoms with van der Waals surface area (Å²) < 4.78 is 1.32. The molecule has 0 aliphatic rings. The molecule has 0 spiro atoms. The van der Waals surface area contributed by atoms with Crippen molar-refractivity contribution in [2.24, 2.45) is 5.10 Å². The average molecular weight is 427 g/mol. The number of hydrazone groups is 1. The van der Waals surface area contributed by atoms with Gasteiger partial charge in [0.1, 0.15) is 5.75 Å². The lowest BCUT2D eigenvalue weighted by Gasteiger charge is -2.07. The van der Waals surface area contributed by atoms with Gasteiger partial charge in [0.15, 0.2) is 0 Å². The highest BCUT2D eigenvalue weighted by atomic mass is 79.9. The van der Waals surface area contributed by atoms with E-state index in [2.05, 4.69) is 47.7 Å². The van der Waals surface area contributed by atoms with E-state index in [9.17, 15) is 9.90 Å². The Labute approximate surface area is 144 Å². The number of aromatic hydroxyl groups is 1. The highest BCUT2D eigenvalue weighted by Crippen LogP contribution is 2.30. The van der Waals surface area contributed by atoms with Crippen LogP contribution in [0.4, 0.5) is 10.5 Å². The van der Waals surface area contributed by atoms with E-state index < -0.39 is 6.03 Å². The summed E-state index contributed by atoms with van der Waals surface area (Å²) >= 11 is 6.55. The van der Waals surface area contributed by atoms with Crippen LogP contribution in [0.25, 0.3) is 0 Å². The van der Waals surface area contributed by atoms with E-state index in [0.717, 1.165) is 10.0 Å². The van der Waals surface area contributed by atoms with Crippen LogP contribution in [-0.4, -0.2) is 17.4 Å². The predicted octanol–water partition coefficient (Wildman–Crippen LogP) is 4.38. The van der Waals surface area contributed by atoms with Gasteiger partial charge in [-0.05, 0) is 46.6 Å². The van der Waals surface area contributed by atoms with Gasteiger partial charge in [-0.2, -0.15) is 5.10 Å². The molecule has 22 heavy (non-hydrogen) atoms. The molecule has 0 atom stereocenters. The summed E-state index contributed by atoms with van der Waals surface area (Å²) in [5.74, 6) is 0.0491. The van der Waals surface area contributed by atoms with Crippen LogP contribution in [0.3, 0.4) is 0 Å². The van der Waals surface area contributed by atoms with Crippen LogP contribution in [-0.2, 0) is 0 Å². The number of hydrogen-bond donors (Lipinski definition) is 3. The monoisotopic (exact) mass is 425 g/mol. The van der Waals surface area contributed by atoms with E-state index >= 15 is 0 Å². The molecule has 0 saturated carbocycles. The Balaban J connectivity index is 2.01. The number of carbonyl (C=O) groups is 1. The molecule has 7 heteroatoms. The Morgan fingerprint density at radius 2 is 2.00 bits per heavy atom. The van der Waals surface area contributed by atoms with Gasteiger partial charge in [0.25, 0.3) is 0 Å². The number of para-hydroxylation sites is 1. The number of anilines is 1. The Morgan fingerprint density at radius 3 is 2.73 bits per heavy atom. The van der Waals surface area contributed by atoms with Crippen LogP contribution >= 0.6 is 31.9 Å². The zero-order chi connectivity index (χ0) is 16.1. The number of hydrogen-bond acceptors (Lipinski definition) is 3. The van der Waals surface area contributed by atoms with Crippen LogP contribution in [0.5, 0.6) is 5.75 Å². The number of nitrogens with one attached hydrogen (secondary N) is 2. The second-order valence-electron chi connectivity index (χ2n) is 4.46. The summed E-state index contributed by atoms with van der Waals surface area (Å²) in [6.07, 6.45) is 1.36. The molecule has 2 aromatic rings. The molecule has 114 valence electrons. The maximum Gasteiger partial charge on any atom is 0.339 e. The molecule has 3 N–H and O–H groups in total. The maximum atomic E-state index is 11.8. The standard InChI is InChI=1S/C15H13Br2N3O2/c1-9-4-2-3-5-13(9)19-15(22)20-18-8-10-6-11(16)7-12(17)14(10)21/h2-8,21H,1H3,(H2,19,20,22).